The topological polar surface area (TPSA) is 38.9 Å². The molecule has 0 radical (unpaired) electrons. The molecule has 0 aliphatic carbocycles. The van der Waals surface area contributed by atoms with E-state index in [0.29, 0.717) is 12.7 Å². The molecule has 3 heterocycles. The van der Waals surface area contributed by atoms with Crippen molar-refractivity contribution in [3.63, 3.8) is 0 Å². The van der Waals surface area contributed by atoms with Gasteiger partial charge in [0.2, 0.25) is 0 Å². The van der Waals surface area contributed by atoms with E-state index in [1.165, 1.54) is 12.0 Å². The summed E-state index contributed by atoms with van der Waals surface area (Å²) in [6.07, 6.45) is 6.13. The highest BCUT2D eigenvalue weighted by Gasteiger charge is 2.27. The van der Waals surface area contributed by atoms with E-state index in [9.17, 15) is 0 Å². The molecule has 1 atom stereocenters. The second-order valence-corrected chi connectivity index (χ2v) is 6.79. The first-order valence-corrected chi connectivity index (χ1v) is 8.98. The summed E-state index contributed by atoms with van der Waals surface area (Å²) in [5.74, 6) is 0.905. The first-order chi connectivity index (χ1) is 12.2. The van der Waals surface area contributed by atoms with E-state index in [-0.39, 0.29) is 0 Å². The Morgan fingerprint density at radius 1 is 1.16 bits per heavy atom. The number of hydrogen-bond donors (Lipinski definition) is 0. The van der Waals surface area contributed by atoms with Crippen LogP contribution in [0, 0.1) is 4.77 Å². The minimum absolute atomic E-state index is 0.387. The van der Waals surface area contributed by atoms with Gasteiger partial charge in [-0.2, -0.15) is 5.10 Å². The van der Waals surface area contributed by atoms with Gasteiger partial charge in [0.05, 0.1) is 6.67 Å². The molecule has 1 aliphatic heterocycles. The molecule has 1 aromatic carbocycles. The summed E-state index contributed by atoms with van der Waals surface area (Å²) < 4.78 is 4.67. The SMILES string of the molecule is Cn1c(-c2ccccc2)nn(CN2CCCC2c2cccnc2)c1=S. The van der Waals surface area contributed by atoms with Crippen LogP contribution in [0.25, 0.3) is 11.4 Å². The van der Waals surface area contributed by atoms with Gasteiger partial charge >= 0.3 is 0 Å². The third kappa shape index (κ3) is 3.15. The van der Waals surface area contributed by atoms with Crippen molar-refractivity contribution in [2.75, 3.05) is 6.54 Å². The van der Waals surface area contributed by atoms with E-state index in [1.54, 1.807) is 0 Å². The van der Waals surface area contributed by atoms with Crippen LogP contribution < -0.4 is 0 Å². The van der Waals surface area contributed by atoms with Gasteiger partial charge < -0.3 is 4.57 Å². The fraction of sp³-hybridized carbons (Fsp3) is 0.316. The Kier molecular flexibility index (Phi) is 4.46. The Bertz CT molecular complexity index is 901. The van der Waals surface area contributed by atoms with Crippen molar-refractivity contribution in [3.8, 4) is 11.4 Å². The Hall–Kier alpha value is -2.31. The third-order valence-corrected chi connectivity index (χ3v) is 5.31. The minimum atomic E-state index is 0.387. The molecule has 25 heavy (non-hydrogen) atoms. The fourth-order valence-electron chi connectivity index (χ4n) is 3.54. The minimum Gasteiger partial charge on any atom is -0.303 e. The zero-order chi connectivity index (χ0) is 17.2. The van der Waals surface area contributed by atoms with Gasteiger partial charge in [0.1, 0.15) is 0 Å². The average molecular weight is 351 g/mol. The Morgan fingerprint density at radius 2 is 2.00 bits per heavy atom. The smallest absolute Gasteiger partial charge is 0.199 e. The summed E-state index contributed by atoms with van der Waals surface area (Å²) >= 11 is 5.63. The maximum Gasteiger partial charge on any atom is 0.199 e. The molecule has 1 unspecified atom stereocenters. The van der Waals surface area contributed by atoms with Crippen molar-refractivity contribution < 1.29 is 0 Å². The number of likely N-dealkylation sites (tertiary alicyclic amines) is 1. The molecule has 0 amide bonds. The normalized spacial score (nSPS) is 17.9. The van der Waals surface area contributed by atoms with Gasteiger partial charge in [0.25, 0.3) is 0 Å². The average Bonchev–Trinajstić information content (AvgIpc) is 3.23. The van der Waals surface area contributed by atoms with Gasteiger partial charge in [0.15, 0.2) is 10.6 Å². The number of nitrogens with zero attached hydrogens (tertiary/aromatic N) is 5. The molecule has 4 rings (SSSR count). The monoisotopic (exact) mass is 351 g/mol. The van der Waals surface area contributed by atoms with Crippen LogP contribution in [0.15, 0.2) is 54.9 Å². The molecule has 2 aromatic heterocycles. The van der Waals surface area contributed by atoms with Gasteiger partial charge in [-0.05, 0) is 36.7 Å². The predicted molar refractivity (Wildman–Crippen MR) is 100 cm³/mol. The van der Waals surface area contributed by atoms with Crippen LogP contribution in [0.5, 0.6) is 0 Å². The van der Waals surface area contributed by atoms with E-state index < -0.39 is 0 Å². The van der Waals surface area contributed by atoms with Crippen LogP contribution in [0.4, 0.5) is 0 Å². The number of rotatable bonds is 4. The fourth-order valence-corrected chi connectivity index (χ4v) is 3.72. The van der Waals surface area contributed by atoms with Crippen LogP contribution in [-0.4, -0.2) is 30.8 Å². The molecule has 6 heteroatoms. The molecule has 1 saturated heterocycles. The van der Waals surface area contributed by atoms with Crippen LogP contribution in [-0.2, 0) is 13.7 Å². The number of benzene rings is 1. The van der Waals surface area contributed by atoms with E-state index in [2.05, 4.69) is 28.1 Å². The number of pyridine rings is 1. The van der Waals surface area contributed by atoms with E-state index in [0.717, 1.165) is 29.1 Å². The highest BCUT2D eigenvalue weighted by atomic mass is 32.1. The van der Waals surface area contributed by atoms with E-state index >= 15 is 0 Å². The highest BCUT2D eigenvalue weighted by molar-refractivity contribution is 7.71. The Balaban J connectivity index is 1.62. The lowest BCUT2D eigenvalue weighted by molar-refractivity contribution is 0.189. The Morgan fingerprint density at radius 3 is 2.76 bits per heavy atom. The molecule has 0 N–H and O–H groups in total. The second kappa shape index (κ2) is 6.90. The first kappa shape index (κ1) is 16.2. The van der Waals surface area contributed by atoms with Crippen molar-refractivity contribution in [1.29, 1.82) is 0 Å². The molecular formula is C19H21N5S. The van der Waals surface area contributed by atoms with Crippen molar-refractivity contribution in [3.05, 3.63) is 65.2 Å². The van der Waals surface area contributed by atoms with Crippen molar-refractivity contribution in [2.45, 2.75) is 25.6 Å². The van der Waals surface area contributed by atoms with Crippen LogP contribution in [0.1, 0.15) is 24.4 Å². The third-order valence-electron chi connectivity index (χ3n) is 4.82. The molecule has 0 saturated carbocycles. The van der Waals surface area contributed by atoms with E-state index in [1.807, 2.05) is 53.0 Å². The summed E-state index contributed by atoms with van der Waals surface area (Å²) in [6.45, 7) is 1.76. The summed E-state index contributed by atoms with van der Waals surface area (Å²) in [5, 5.41) is 4.79. The summed E-state index contributed by atoms with van der Waals surface area (Å²) in [5.41, 5.74) is 2.35. The van der Waals surface area contributed by atoms with Gasteiger partial charge in [-0.25, -0.2) is 4.68 Å². The Labute approximate surface area is 152 Å². The molecular weight excluding hydrogens is 330 g/mol. The second-order valence-electron chi connectivity index (χ2n) is 6.43. The molecule has 0 bridgehead atoms. The highest BCUT2D eigenvalue weighted by Crippen LogP contribution is 2.31. The maximum atomic E-state index is 5.63. The van der Waals surface area contributed by atoms with Crippen molar-refractivity contribution in [2.24, 2.45) is 7.05 Å². The maximum absolute atomic E-state index is 5.63. The lowest BCUT2D eigenvalue weighted by Gasteiger charge is -2.24. The number of aromatic nitrogens is 4. The summed E-state index contributed by atoms with van der Waals surface area (Å²) in [7, 11) is 1.98. The molecule has 128 valence electrons. The summed E-state index contributed by atoms with van der Waals surface area (Å²) in [4.78, 5) is 6.71. The van der Waals surface area contributed by atoms with Crippen LogP contribution >= 0.6 is 12.2 Å². The molecule has 0 spiro atoms. The number of hydrogen-bond acceptors (Lipinski definition) is 4. The van der Waals surface area contributed by atoms with Crippen molar-refractivity contribution in [1.82, 2.24) is 24.2 Å². The van der Waals surface area contributed by atoms with Gasteiger partial charge in [-0.1, -0.05) is 36.4 Å². The van der Waals surface area contributed by atoms with Gasteiger partial charge in [-0.3, -0.25) is 9.88 Å². The van der Waals surface area contributed by atoms with Crippen LogP contribution in [0.2, 0.25) is 0 Å². The molecule has 3 aromatic rings. The standard InChI is InChI=1S/C19H21N5S/c1-22-18(15-7-3-2-4-8-15)21-24(19(22)25)14-23-12-6-10-17(23)16-9-5-11-20-13-16/h2-5,7-9,11,13,17H,6,10,12,14H2,1H3. The lowest BCUT2D eigenvalue weighted by Crippen LogP contribution is -2.27. The first-order valence-electron chi connectivity index (χ1n) is 8.57. The van der Waals surface area contributed by atoms with Gasteiger partial charge in [-0.15, -0.1) is 0 Å². The van der Waals surface area contributed by atoms with Crippen LogP contribution in [0.3, 0.4) is 0 Å². The lowest BCUT2D eigenvalue weighted by atomic mass is 10.1. The zero-order valence-electron chi connectivity index (χ0n) is 14.2. The quantitative estimate of drug-likeness (QED) is 0.670. The molecule has 1 aliphatic rings. The van der Waals surface area contributed by atoms with Gasteiger partial charge in [0, 0.05) is 37.6 Å². The zero-order valence-corrected chi connectivity index (χ0v) is 15.1. The molecule has 5 nitrogen and oxygen atoms in total. The predicted octanol–water partition coefficient (Wildman–Crippen LogP) is 3.81. The summed E-state index contributed by atoms with van der Waals surface area (Å²) in [6, 6.07) is 14.7. The van der Waals surface area contributed by atoms with Crippen molar-refractivity contribution >= 4 is 12.2 Å². The molecule has 1 fully saturated rings. The largest absolute Gasteiger partial charge is 0.303 e. The van der Waals surface area contributed by atoms with E-state index in [4.69, 9.17) is 17.3 Å².